The molecule has 1 atom stereocenters. The molecule has 0 aliphatic carbocycles. The van der Waals surface area contributed by atoms with Crippen molar-refractivity contribution in [2.75, 3.05) is 12.4 Å². The van der Waals surface area contributed by atoms with Crippen molar-refractivity contribution >= 4 is 50.8 Å². The Balaban J connectivity index is 2.13. The van der Waals surface area contributed by atoms with Crippen molar-refractivity contribution in [2.45, 2.75) is 20.0 Å². The molecule has 0 fully saturated rings. The Morgan fingerprint density at radius 1 is 1.29 bits per heavy atom. The lowest BCUT2D eigenvalue weighted by Crippen LogP contribution is -2.30. The maximum atomic E-state index is 12.4. The van der Waals surface area contributed by atoms with Gasteiger partial charge in [-0.15, -0.1) is 0 Å². The van der Waals surface area contributed by atoms with Crippen molar-refractivity contribution in [3.8, 4) is 5.75 Å². The van der Waals surface area contributed by atoms with Crippen LogP contribution in [-0.4, -0.2) is 30.0 Å². The van der Waals surface area contributed by atoms with Crippen LogP contribution in [-0.2, 0) is 9.53 Å². The summed E-state index contributed by atoms with van der Waals surface area (Å²) >= 11 is 9.07. The lowest BCUT2D eigenvalue weighted by molar-refractivity contribution is -0.385. The predicted octanol–water partition coefficient (Wildman–Crippen LogP) is 4.51. The number of benzene rings is 2. The Bertz CT molecular complexity index is 950. The summed E-state index contributed by atoms with van der Waals surface area (Å²) in [6.07, 6.45) is -1.16. The van der Waals surface area contributed by atoms with Gasteiger partial charge < -0.3 is 14.8 Å². The van der Waals surface area contributed by atoms with Gasteiger partial charge in [-0.2, -0.15) is 0 Å². The van der Waals surface area contributed by atoms with Crippen molar-refractivity contribution in [3.63, 3.8) is 0 Å². The van der Waals surface area contributed by atoms with Crippen molar-refractivity contribution in [3.05, 3.63) is 61.1 Å². The van der Waals surface area contributed by atoms with Gasteiger partial charge >= 0.3 is 5.97 Å². The molecular weight excluding hydrogens is 456 g/mol. The van der Waals surface area contributed by atoms with Crippen LogP contribution in [0.2, 0.25) is 5.02 Å². The number of esters is 1. The molecule has 148 valence electrons. The van der Waals surface area contributed by atoms with Crippen LogP contribution in [0, 0.1) is 17.0 Å². The predicted molar refractivity (Wildman–Crippen MR) is 107 cm³/mol. The highest BCUT2D eigenvalue weighted by atomic mass is 79.9. The van der Waals surface area contributed by atoms with E-state index in [1.165, 1.54) is 26.2 Å². The Hall–Kier alpha value is -2.65. The van der Waals surface area contributed by atoms with E-state index in [0.29, 0.717) is 16.5 Å². The fraction of sp³-hybridized carbons (Fsp3) is 0.222. The number of carbonyl (C=O) groups excluding carboxylic acids is 2. The number of ether oxygens (including phenoxy) is 2. The normalized spacial score (nSPS) is 11.5. The molecular formula is C18H16BrClN2O6. The molecule has 0 spiro atoms. The van der Waals surface area contributed by atoms with Crippen LogP contribution >= 0.6 is 27.5 Å². The Morgan fingerprint density at radius 3 is 2.57 bits per heavy atom. The minimum absolute atomic E-state index is 0.0468. The molecule has 0 aliphatic rings. The van der Waals surface area contributed by atoms with E-state index in [4.69, 9.17) is 21.1 Å². The van der Waals surface area contributed by atoms with E-state index in [9.17, 15) is 19.7 Å². The zero-order valence-electron chi connectivity index (χ0n) is 15.1. The number of aryl methyl sites for hydroxylation is 1. The highest BCUT2D eigenvalue weighted by molar-refractivity contribution is 9.10. The smallest absolute Gasteiger partial charge is 0.339 e. The topological polar surface area (TPSA) is 108 Å². The summed E-state index contributed by atoms with van der Waals surface area (Å²) in [4.78, 5) is 35.0. The average Bonchev–Trinajstić information content (AvgIpc) is 2.64. The summed E-state index contributed by atoms with van der Waals surface area (Å²) in [7, 11) is 1.43. The Labute approximate surface area is 174 Å². The molecule has 0 aliphatic heterocycles. The third-order valence-electron chi connectivity index (χ3n) is 3.77. The fourth-order valence-electron chi connectivity index (χ4n) is 2.23. The van der Waals surface area contributed by atoms with Gasteiger partial charge in [-0.3, -0.25) is 14.9 Å². The monoisotopic (exact) mass is 470 g/mol. The molecule has 0 bridgehead atoms. The minimum atomic E-state index is -1.16. The first kappa shape index (κ1) is 21.6. The summed E-state index contributed by atoms with van der Waals surface area (Å²) in [5.41, 5.74) is 0.767. The van der Waals surface area contributed by atoms with Gasteiger partial charge in [0.15, 0.2) is 6.10 Å². The number of halogens is 2. The molecule has 1 amide bonds. The number of nitrogens with one attached hydrogen (secondary N) is 1. The first-order valence-electron chi connectivity index (χ1n) is 7.94. The third-order valence-corrected chi connectivity index (χ3v) is 4.85. The summed E-state index contributed by atoms with van der Waals surface area (Å²) in [6.45, 7) is 3.15. The molecule has 2 rings (SSSR count). The number of methoxy groups -OCH3 is 1. The zero-order valence-corrected chi connectivity index (χ0v) is 17.5. The molecule has 2 aromatic rings. The summed E-state index contributed by atoms with van der Waals surface area (Å²) in [5, 5.41) is 14.1. The van der Waals surface area contributed by atoms with Gasteiger partial charge in [0.2, 0.25) is 0 Å². The van der Waals surface area contributed by atoms with Crippen LogP contribution in [0.25, 0.3) is 0 Å². The molecule has 0 radical (unpaired) electrons. The van der Waals surface area contributed by atoms with Crippen LogP contribution in [0.15, 0.2) is 34.8 Å². The summed E-state index contributed by atoms with van der Waals surface area (Å²) in [6, 6.07) is 6.98. The second-order valence-electron chi connectivity index (χ2n) is 5.76. The summed E-state index contributed by atoms with van der Waals surface area (Å²) < 4.78 is 10.5. The molecule has 2 aromatic carbocycles. The van der Waals surface area contributed by atoms with Crippen LogP contribution in [0.4, 0.5) is 11.4 Å². The number of amides is 1. The maximum Gasteiger partial charge on any atom is 0.339 e. The molecule has 28 heavy (non-hydrogen) atoms. The molecule has 1 N–H and O–H groups in total. The van der Waals surface area contributed by atoms with Crippen LogP contribution < -0.4 is 10.1 Å². The zero-order chi connectivity index (χ0) is 21.0. The number of carbonyl (C=O) groups is 2. The van der Waals surface area contributed by atoms with Gasteiger partial charge in [0.25, 0.3) is 11.6 Å². The molecule has 10 heteroatoms. The van der Waals surface area contributed by atoms with Crippen molar-refractivity contribution < 1.29 is 24.0 Å². The Morgan fingerprint density at radius 2 is 1.96 bits per heavy atom. The van der Waals surface area contributed by atoms with E-state index >= 15 is 0 Å². The van der Waals surface area contributed by atoms with E-state index in [-0.39, 0.29) is 15.7 Å². The van der Waals surface area contributed by atoms with Crippen LogP contribution in [0.1, 0.15) is 22.8 Å². The average molecular weight is 472 g/mol. The SMILES string of the molecule is COc1cc(Cl)c(C)cc1NC(=O)C(C)OC(=O)c1ccc(Br)c([N+](=O)[O-])c1. The highest BCUT2D eigenvalue weighted by Crippen LogP contribution is 2.31. The van der Waals surface area contributed by atoms with Gasteiger partial charge in [0.1, 0.15) is 5.75 Å². The van der Waals surface area contributed by atoms with Gasteiger partial charge in [-0.05, 0) is 53.5 Å². The largest absolute Gasteiger partial charge is 0.495 e. The molecule has 8 nitrogen and oxygen atoms in total. The molecule has 0 saturated carbocycles. The lowest BCUT2D eigenvalue weighted by atomic mass is 10.2. The molecule has 0 aromatic heterocycles. The number of hydrogen-bond donors (Lipinski definition) is 1. The van der Waals surface area contributed by atoms with Gasteiger partial charge in [0, 0.05) is 17.2 Å². The van der Waals surface area contributed by atoms with E-state index < -0.39 is 22.9 Å². The summed E-state index contributed by atoms with van der Waals surface area (Å²) in [5.74, 6) is -1.11. The number of hydrogen-bond acceptors (Lipinski definition) is 6. The van der Waals surface area contributed by atoms with Gasteiger partial charge in [0.05, 0.1) is 27.8 Å². The van der Waals surface area contributed by atoms with Crippen LogP contribution in [0.5, 0.6) is 5.75 Å². The van der Waals surface area contributed by atoms with E-state index in [0.717, 1.165) is 11.6 Å². The molecule has 0 heterocycles. The van der Waals surface area contributed by atoms with E-state index in [1.54, 1.807) is 19.1 Å². The first-order chi connectivity index (χ1) is 13.1. The maximum absolute atomic E-state index is 12.4. The van der Waals surface area contributed by atoms with Crippen LogP contribution in [0.3, 0.4) is 0 Å². The fourth-order valence-corrected chi connectivity index (χ4v) is 2.77. The quantitative estimate of drug-likeness (QED) is 0.377. The second-order valence-corrected chi connectivity index (χ2v) is 7.02. The van der Waals surface area contributed by atoms with E-state index in [1.807, 2.05) is 0 Å². The number of rotatable bonds is 6. The van der Waals surface area contributed by atoms with Crippen molar-refractivity contribution in [2.24, 2.45) is 0 Å². The first-order valence-corrected chi connectivity index (χ1v) is 9.11. The van der Waals surface area contributed by atoms with Gasteiger partial charge in [-0.1, -0.05) is 11.6 Å². The van der Waals surface area contributed by atoms with Gasteiger partial charge in [-0.25, -0.2) is 4.79 Å². The second kappa shape index (κ2) is 9.03. The number of nitro benzene ring substituents is 1. The Kier molecular flexibility index (Phi) is 6.98. The highest BCUT2D eigenvalue weighted by Gasteiger charge is 2.23. The van der Waals surface area contributed by atoms with Crippen molar-refractivity contribution in [1.29, 1.82) is 0 Å². The third kappa shape index (κ3) is 4.99. The number of nitro groups is 1. The lowest BCUT2D eigenvalue weighted by Gasteiger charge is -2.16. The van der Waals surface area contributed by atoms with E-state index in [2.05, 4.69) is 21.2 Å². The minimum Gasteiger partial charge on any atom is -0.495 e. The molecule has 0 saturated heterocycles. The standard InChI is InChI=1S/C18H16BrClN2O6/c1-9-6-14(16(27-3)8-13(9)20)21-17(23)10(2)28-18(24)11-4-5-12(19)15(7-11)22(25)26/h4-8,10H,1-3H3,(H,21,23). The van der Waals surface area contributed by atoms with Crippen molar-refractivity contribution in [1.82, 2.24) is 0 Å². The number of anilines is 1. The molecule has 1 unspecified atom stereocenters. The number of nitrogens with zero attached hydrogens (tertiary/aromatic N) is 1.